The predicted octanol–water partition coefficient (Wildman–Crippen LogP) is 3.20. The van der Waals surface area contributed by atoms with Crippen LogP contribution in [0.15, 0.2) is 24.3 Å². The molecule has 0 aliphatic heterocycles. The number of fused-ring (bicyclic) bond motifs is 1. The van der Waals surface area contributed by atoms with E-state index in [0.29, 0.717) is 12.0 Å². The lowest BCUT2D eigenvalue weighted by Gasteiger charge is -2.32. The molecule has 1 aromatic carbocycles. The highest BCUT2D eigenvalue weighted by atomic mass is 16.5. The van der Waals surface area contributed by atoms with Crippen LogP contribution in [-0.4, -0.2) is 25.8 Å². The molecule has 0 aromatic heterocycles. The fourth-order valence-electron chi connectivity index (χ4n) is 3.05. The Balaban J connectivity index is 1.95. The SMILES string of the molecule is CCCOCC(NCC)C1CCc2ccccc2C1. The van der Waals surface area contributed by atoms with Gasteiger partial charge >= 0.3 is 0 Å². The normalized spacial score (nSPS) is 20.0. The molecule has 2 rings (SSSR count). The summed E-state index contributed by atoms with van der Waals surface area (Å²) in [5.41, 5.74) is 3.08. The monoisotopic (exact) mass is 261 g/mol. The molecule has 2 unspecified atom stereocenters. The van der Waals surface area contributed by atoms with E-state index in [1.165, 1.54) is 24.8 Å². The molecule has 2 heteroatoms. The van der Waals surface area contributed by atoms with Gasteiger partial charge in [0.2, 0.25) is 0 Å². The first-order valence-electron chi connectivity index (χ1n) is 7.73. The standard InChI is InChI=1S/C17H27NO/c1-3-11-19-13-17(18-4-2)16-10-9-14-7-5-6-8-15(14)12-16/h5-8,16-18H,3-4,9-13H2,1-2H3. The third-order valence-corrected chi connectivity index (χ3v) is 4.07. The van der Waals surface area contributed by atoms with Crippen LogP contribution in [0.25, 0.3) is 0 Å². The number of benzene rings is 1. The van der Waals surface area contributed by atoms with Crippen LogP contribution in [0.1, 0.15) is 37.8 Å². The van der Waals surface area contributed by atoms with Gasteiger partial charge in [0.25, 0.3) is 0 Å². The molecule has 1 aliphatic carbocycles. The second-order valence-corrected chi connectivity index (χ2v) is 5.51. The average molecular weight is 261 g/mol. The van der Waals surface area contributed by atoms with Crippen molar-refractivity contribution in [3.63, 3.8) is 0 Å². The van der Waals surface area contributed by atoms with Gasteiger partial charge in [0.05, 0.1) is 6.61 Å². The van der Waals surface area contributed by atoms with Gasteiger partial charge in [0, 0.05) is 12.6 Å². The van der Waals surface area contributed by atoms with Gasteiger partial charge in [-0.25, -0.2) is 0 Å². The van der Waals surface area contributed by atoms with Crippen LogP contribution in [0, 0.1) is 5.92 Å². The van der Waals surface area contributed by atoms with Crippen LogP contribution in [-0.2, 0) is 17.6 Å². The first-order valence-corrected chi connectivity index (χ1v) is 7.73. The molecule has 2 nitrogen and oxygen atoms in total. The fourth-order valence-corrected chi connectivity index (χ4v) is 3.05. The lowest BCUT2D eigenvalue weighted by molar-refractivity contribution is 0.0907. The smallest absolute Gasteiger partial charge is 0.0622 e. The molecule has 0 heterocycles. The predicted molar refractivity (Wildman–Crippen MR) is 80.5 cm³/mol. The van der Waals surface area contributed by atoms with Crippen LogP contribution >= 0.6 is 0 Å². The van der Waals surface area contributed by atoms with E-state index in [4.69, 9.17) is 4.74 Å². The molecule has 2 atom stereocenters. The maximum atomic E-state index is 5.78. The number of aryl methyl sites for hydroxylation is 1. The zero-order valence-corrected chi connectivity index (χ0v) is 12.3. The summed E-state index contributed by atoms with van der Waals surface area (Å²) in [7, 11) is 0. The molecule has 0 bridgehead atoms. The van der Waals surface area contributed by atoms with Crippen molar-refractivity contribution in [2.75, 3.05) is 19.8 Å². The Bertz CT molecular complexity index is 377. The van der Waals surface area contributed by atoms with E-state index in [-0.39, 0.29) is 0 Å². The lowest BCUT2D eigenvalue weighted by Crippen LogP contribution is -2.42. The minimum absolute atomic E-state index is 0.505. The molecule has 1 aliphatic rings. The van der Waals surface area contributed by atoms with Crippen molar-refractivity contribution in [3.8, 4) is 0 Å². The third-order valence-electron chi connectivity index (χ3n) is 4.07. The van der Waals surface area contributed by atoms with Crippen LogP contribution < -0.4 is 5.32 Å². The quantitative estimate of drug-likeness (QED) is 0.761. The first kappa shape index (κ1) is 14.5. The first-order chi connectivity index (χ1) is 9.35. The van der Waals surface area contributed by atoms with Gasteiger partial charge in [-0.05, 0) is 49.3 Å². The Morgan fingerprint density at radius 3 is 2.79 bits per heavy atom. The van der Waals surface area contributed by atoms with Gasteiger partial charge in [0.15, 0.2) is 0 Å². The number of ether oxygens (including phenoxy) is 1. The van der Waals surface area contributed by atoms with Gasteiger partial charge in [-0.2, -0.15) is 0 Å². The van der Waals surface area contributed by atoms with E-state index in [1.807, 2.05) is 0 Å². The Kier molecular flexibility index (Phi) is 5.87. The van der Waals surface area contributed by atoms with Gasteiger partial charge in [-0.15, -0.1) is 0 Å². The average Bonchev–Trinajstić information content (AvgIpc) is 2.46. The van der Waals surface area contributed by atoms with Gasteiger partial charge in [0.1, 0.15) is 0 Å². The molecule has 1 aromatic rings. The molecule has 0 amide bonds. The maximum Gasteiger partial charge on any atom is 0.0622 e. The summed E-state index contributed by atoms with van der Waals surface area (Å²) in [6.45, 7) is 7.11. The minimum atomic E-state index is 0.505. The van der Waals surface area contributed by atoms with E-state index in [1.54, 1.807) is 5.56 Å². The third kappa shape index (κ3) is 4.05. The molecule has 0 saturated carbocycles. The van der Waals surface area contributed by atoms with Crippen molar-refractivity contribution in [3.05, 3.63) is 35.4 Å². The Morgan fingerprint density at radius 1 is 1.26 bits per heavy atom. The molecule has 0 fully saturated rings. The topological polar surface area (TPSA) is 21.3 Å². The molecular formula is C17H27NO. The van der Waals surface area contributed by atoms with E-state index in [0.717, 1.165) is 26.2 Å². The van der Waals surface area contributed by atoms with Crippen molar-refractivity contribution < 1.29 is 4.74 Å². The van der Waals surface area contributed by atoms with Crippen molar-refractivity contribution in [2.45, 2.75) is 45.6 Å². The van der Waals surface area contributed by atoms with Crippen LogP contribution in [0.2, 0.25) is 0 Å². The molecule has 1 N–H and O–H groups in total. The minimum Gasteiger partial charge on any atom is -0.380 e. The summed E-state index contributed by atoms with van der Waals surface area (Å²) < 4.78 is 5.78. The number of rotatable bonds is 7. The summed E-state index contributed by atoms with van der Waals surface area (Å²) in [5, 5.41) is 3.62. The van der Waals surface area contributed by atoms with Crippen LogP contribution in [0.4, 0.5) is 0 Å². The molecule has 19 heavy (non-hydrogen) atoms. The second kappa shape index (κ2) is 7.66. The number of likely N-dealkylation sites (N-methyl/N-ethyl adjacent to an activating group) is 1. The Hall–Kier alpha value is -0.860. The Labute approximate surface area is 117 Å². The van der Waals surface area contributed by atoms with Gasteiger partial charge in [-0.3, -0.25) is 0 Å². The summed E-state index contributed by atoms with van der Waals surface area (Å²) in [4.78, 5) is 0. The largest absolute Gasteiger partial charge is 0.380 e. The van der Waals surface area contributed by atoms with Crippen LogP contribution in [0.5, 0.6) is 0 Å². The summed E-state index contributed by atoms with van der Waals surface area (Å²) >= 11 is 0. The molecule has 0 saturated heterocycles. The summed E-state index contributed by atoms with van der Waals surface area (Å²) in [6.07, 6.45) is 4.80. The zero-order chi connectivity index (χ0) is 13.5. The number of nitrogens with one attached hydrogen (secondary N) is 1. The van der Waals surface area contributed by atoms with Crippen molar-refractivity contribution >= 4 is 0 Å². The van der Waals surface area contributed by atoms with E-state index >= 15 is 0 Å². The van der Waals surface area contributed by atoms with Crippen molar-refractivity contribution in [1.82, 2.24) is 5.32 Å². The number of hydrogen-bond acceptors (Lipinski definition) is 2. The molecule has 0 radical (unpaired) electrons. The second-order valence-electron chi connectivity index (χ2n) is 5.51. The maximum absolute atomic E-state index is 5.78. The Morgan fingerprint density at radius 2 is 2.05 bits per heavy atom. The molecule has 0 spiro atoms. The van der Waals surface area contributed by atoms with Crippen LogP contribution in [0.3, 0.4) is 0 Å². The highest BCUT2D eigenvalue weighted by Gasteiger charge is 2.25. The van der Waals surface area contributed by atoms with Gasteiger partial charge in [-0.1, -0.05) is 38.1 Å². The highest BCUT2D eigenvalue weighted by molar-refractivity contribution is 5.30. The molecular weight excluding hydrogens is 234 g/mol. The molecule has 106 valence electrons. The fraction of sp³-hybridized carbons (Fsp3) is 0.647. The van der Waals surface area contributed by atoms with E-state index < -0.39 is 0 Å². The lowest BCUT2D eigenvalue weighted by atomic mass is 9.80. The van der Waals surface area contributed by atoms with E-state index in [9.17, 15) is 0 Å². The number of hydrogen-bond donors (Lipinski definition) is 1. The van der Waals surface area contributed by atoms with Crippen molar-refractivity contribution in [2.24, 2.45) is 5.92 Å². The van der Waals surface area contributed by atoms with Crippen molar-refractivity contribution in [1.29, 1.82) is 0 Å². The zero-order valence-electron chi connectivity index (χ0n) is 12.3. The summed E-state index contributed by atoms with van der Waals surface area (Å²) in [5.74, 6) is 0.715. The van der Waals surface area contributed by atoms with Gasteiger partial charge < -0.3 is 10.1 Å². The van der Waals surface area contributed by atoms with E-state index in [2.05, 4.69) is 43.4 Å². The summed E-state index contributed by atoms with van der Waals surface area (Å²) in [6, 6.07) is 9.39. The highest BCUT2D eigenvalue weighted by Crippen LogP contribution is 2.27.